The third-order valence-electron chi connectivity index (χ3n) is 5.85. The van der Waals surface area contributed by atoms with Crippen LogP contribution in [0.15, 0.2) is 0 Å². The molecule has 0 N–H and O–H groups in total. The molecule has 164 valence electrons. The Morgan fingerprint density at radius 2 is 0.778 bits per heavy atom. The molecule has 0 rings (SSSR count). The minimum atomic E-state index is 0.295. The highest BCUT2D eigenvalue weighted by Gasteiger charge is 2.32. The fourth-order valence-corrected chi connectivity index (χ4v) is 5.22. The summed E-state index contributed by atoms with van der Waals surface area (Å²) in [5, 5.41) is 0. The lowest BCUT2D eigenvalue weighted by atomic mass is 9.73. The van der Waals surface area contributed by atoms with E-state index < -0.39 is 0 Å². The number of ether oxygens (including phenoxy) is 2. The molecule has 0 aliphatic rings. The van der Waals surface area contributed by atoms with Crippen molar-refractivity contribution in [2.75, 3.05) is 20.0 Å². The molecular weight excluding hydrogens is 332 g/mol. The second-order valence-corrected chi connectivity index (χ2v) is 10.9. The van der Waals surface area contributed by atoms with Gasteiger partial charge in [-0.15, -0.1) is 0 Å². The van der Waals surface area contributed by atoms with Gasteiger partial charge in [0.1, 0.15) is 6.79 Å². The lowest BCUT2D eigenvalue weighted by Gasteiger charge is -2.37. The van der Waals surface area contributed by atoms with Crippen LogP contribution in [0.2, 0.25) is 0 Å². The normalized spacial score (nSPS) is 13.6. The third-order valence-corrected chi connectivity index (χ3v) is 5.85. The first-order valence-electron chi connectivity index (χ1n) is 11.6. The van der Waals surface area contributed by atoms with E-state index in [0.717, 1.165) is 13.2 Å². The summed E-state index contributed by atoms with van der Waals surface area (Å²) in [6.07, 6.45) is 7.32. The van der Waals surface area contributed by atoms with Crippen LogP contribution in [0.4, 0.5) is 0 Å². The van der Waals surface area contributed by atoms with Crippen LogP contribution >= 0.6 is 0 Å². The lowest BCUT2D eigenvalue weighted by molar-refractivity contribution is -0.115. The molecule has 0 bridgehead atoms. The Hall–Kier alpha value is -0.0800. The number of rotatable bonds is 16. The second kappa shape index (κ2) is 13.2. The summed E-state index contributed by atoms with van der Waals surface area (Å²) in [7, 11) is 0. The predicted molar refractivity (Wildman–Crippen MR) is 120 cm³/mol. The van der Waals surface area contributed by atoms with Gasteiger partial charge >= 0.3 is 0 Å². The summed E-state index contributed by atoms with van der Waals surface area (Å²) >= 11 is 0. The molecule has 0 aliphatic carbocycles. The Morgan fingerprint density at radius 1 is 0.519 bits per heavy atom. The molecular formula is C25H52O2. The first-order chi connectivity index (χ1) is 12.5. The van der Waals surface area contributed by atoms with E-state index in [1.807, 2.05) is 0 Å². The van der Waals surface area contributed by atoms with Gasteiger partial charge in [-0.25, -0.2) is 0 Å². The zero-order valence-electron chi connectivity index (χ0n) is 20.5. The van der Waals surface area contributed by atoms with Crippen LogP contribution in [0.1, 0.15) is 108 Å². The zero-order valence-corrected chi connectivity index (χ0v) is 20.5. The summed E-state index contributed by atoms with van der Waals surface area (Å²) in [5.41, 5.74) is 0.590. The highest BCUT2D eigenvalue weighted by atomic mass is 16.7. The quantitative estimate of drug-likeness (QED) is 0.198. The molecule has 0 radical (unpaired) electrons. The van der Waals surface area contributed by atoms with Crippen molar-refractivity contribution in [3.05, 3.63) is 0 Å². The van der Waals surface area contributed by atoms with Gasteiger partial charge in [0.15, 0.2) is 0 Å². The zero-order chi connectivity index (χ0) is 21.1. The molecule has 0 fully saturated rings. The topological polar surface area (TPSA) is 18.5 Å². The van der Waals surface area contributed by atoms with E-state index >= 15 is 0 Å². The molecule has 0 spiro atoms. The molecule has 0 saturated heterocycles. The van der Waals surface area contributed by atoms with Gasteiger partial charge in [-0.05, 0) is 73.0 Å². The monoisotopic (exact) mass is 384 g/mol. The molecule has 0 aliphatic heterocycles. The van der Waals surface area contributed by atoms with Crippen molar-refractivity contribution in [1.82, 2.24) is 0 Å². The molecule has 0 aromatic heterocycles. The maximum absolute atomic E-state index is 6.12. The van der Waals surface area contributed by atoms with Crippen molar-refractivity contribution < 1.29 is 9.47 Å². The van der Waals surface area contributed by atoms with E-state index in [1.165, 1.54) is 38.5 Å². The van der Waals surface area contributed by atoms with E-state index in [4.69, 9.17) is 9.47 Å². The Bertz CT molecular complexity index is 303. The maximum Gasteiger partial charge on any atom is 0.146 e. The van der Waals surface area contributed by atoms with Gasteiger partial charge in [-0.3, -0.25) is 0 Å². The van der Waals surface area contributed by atoms with Gasteiger partial charge in [-0.2, -0.15) is 0 Å². The van der Waals surface area contributed by atoms with Gasteiger partial charge in [0.25, 0.3) is 0 Å². The van der Waals surface area contributed by atoms with Crippen molar-refractivity contribution >= 4 is 0 Å². The van der Waals surface area contributed by atoms with Crippen LogP contribution in [-0.2, 0) is 9.47 Å². The molecule has 0 heterocycles. The van der Waals surface area contributed by atoms with E-state index in [0.29, 0.717) is 41.3 Å². The highest BCUT2D eigenvalue weighted by Crippen LogP contribution is 2.39. The summed E-state index contributed by atoms with van der Waals surface area (Å²) < 4.78 is 12.2. The molecule has 2 nitrogen and oxygen atoms in total. The minimum absolute atomic E-state index is 0.295. The van der Waals surface area contributed by atoms with Crippen molar-refractivity contribution in [1.29, 1.82) is 0 Å². The average molecular weight is 385 g/mol. The van der Waals surface area contributed by atoms with Crippen LogP contribution in [0.25, 0.3) is 0 Å². The van der Waals surface area contributed by atoms with Crippen LogP contribution in [0, 0.1) is 34.5 Å². The highest BCUT2D eigenvalue weighted by molar-refractivity contribution is 4.81. The first kappa shape index (κ1) is 26.9. The summed E-state index contributed by atoms with van der Waals surface area (Å²) in [6, 6.07) is 0. The van der Waals surface area contributed by atoms with Crippen molar-refractivity contribution in [2.45, 2.75) is 108 Å². The van der Waals surface area contributed by atoms with Crippen LogP contribution in [-0.4, -0.2) is 20.0 Å². The minimum Gasteiger partial charge on any atom is -0.355 e. The lowest BCUT2D eigenvalue weighted by Crippen LogP contribution is -2.32. The molecule has 0 amide bonds. The van der Waals surface area contributed by atoms with Crippen molar-refractivity contribution in [2.24, 2.45) is 34.5 Å². The van der Waals surface area contributed by atoms with Crippen LogP contribution in [0.3, 0.4) is 0 Å². The van der Waals surface area contributed by atoms with E-state index in [2.05, 4.69) is 69.2 Å². The fourth-order valence-electron chi connectivity index (χ4n) is 5.22. The molecule has 0 aromatic carbocycles. The van der Waals surface area contributed by atoms with Gasteiger partial charge in [0.05, 0.1) is 13.2 Å². The molecule has 0 unspecified atom stereocenters. The van der Waals surface area contributed by atoms with E-state index in [-0.39, 0.29) is 0 Å². The van der Waals surface area contributed by atoms with Crippen molar-refractivity contribution in [3.8, 4) is 0 Å². The number of hydrogen-bond acceptors (Lipinski definition) is 2. The van der Waals surface area contributed by atoms with Crippen LogP contribution < -0.4 is 0 Å². The van der Waals surface area contributed by atoms with Gasteiger partial charge in [-0.1, -0.05) is 69.2 Å². The molecule has 27 heavy (non-hydrogen) atoms. The summed E-state index contributed by atoms with van der Waals surface area (Å²) in [4.78, 5) is 0. The Balaban J connectivity index is 4.71. The van der Waals surface area contributed by atoms with Crippen LogP contribution in [0.5, 0.6) is 0 Å². The molecule has 0 atom stereocenters. The Labute approximate surface area is 172 Å². The third kappa shape index (κ3) is 11.5. The smallest absolute Gasteiger partial charge is 0.146 e. The average Bonchev–Trinajstić information content (AvgIpc) is 2.51. The number of hydrogen-bond donors (Lipinski definition) is 0. The Morgan fingerprint density at radius 3 is 0.963 bits per heavy atom. The SMILES string of the molecule is CCC(COCOCC(CC)(CC(C)C)CC(C)C)(CC(C)C)CC(C)C. The molecule has 2 heteroatoms. The van der Waals surface area contributed by atoms with Gasteiger partial charge in [0.2, 0.25) is 0 Å². The maximum atomic E-state index is 6.12. The summed E-state index contributed by atoms with van der Waals surface area (Å²) in [5.74, 6) is 2.83. The molecule has 0 saturated carbocycles. The second-order valence-electron chi connectivity index (χ2n) is 10.9. The molecule has 0 aromatic rings. The predicted octanol–water partition coefficient (Wildman–Crippen LogP) is 7.95. The van der Waals surface area contributed by atoms with E-state index in [1.54, 1.807) is 0 Å². The van der Waals surface area contributed by atoms with Gasteiger partial charge in [0, 0.05) is 0 Å². The summed E-state index contributed by atoms with van der Waals surface area (Å²) in [6.45, 7) is 25.4. The van der Waals surface area contributed by atoms with Crippen molar-refractivity contribution in [3.63, 3.8) is 0 Å². The standard InChI is InChI=1S/C25H52O2/c1-11-24(13-20(3)4,14-21(5)6)17-26-19-27-18-25(12-2,15-22(7)8)16-23(9)10/h20-23H,11-19H2,1-10H3. The Kier molecular flexibility index (Phi) is 13.2. The van der Waals surface area contributed by atoms with Gasteiger partial charge < -0.3 is 9.47 Å². The van der Waals surface area contributed by atoms with E-state index in [9.17, 15) is 0 Å². The largest absolute Gasteiger partial charge is 0.355 e. The first-order valence-corrected chi connectivity index (χ1v) is 11.6. The fraction of sp³-hybridized carbons (Fsp3) is 1.00.